The summed E-state index contributed by atoms with van der Waals surface area (Å²) in [5, 5.41) is 28.8. The van der Waals surface area contributed by atoms with Crippen molar-refractivity contribution in [2.75, 3.05) is 0 Å². The first-order valence-corrected chi connectivity index (χ1v) is 10.6. The summed E-state index contributed by atoms with van der Waals surface area (Å²) in [6.45, 7) is 2.22. The van der Waals surface area contributed by atoms with Gasteiger partial charge >= 0.3 is 0 Å². The van der Waals surface area contributed by atoms with E-state index >= 15 is 0 Å². The molecule has 29 heavy (non-hydrogen) atoms. The van der Waals surface area contributed by atoms with Gasteiger partial charge in [0.2, 0.25) is 11.6 Å². The molecule has 0 amide bonds. The molecule has 1 unspecified atom stereocenters. The first-order valence-electron chi connectivity index (χ1n) is 10.6. The van der Waals surface area contributed by atoms with Gasteiger partial charge in [-0.3, -0.25) is 9.59 Å². The van der Waals surface area contributed by atoms with Crippen LogP contribution >= 0.6 is 0 Å². The van der Waals surface area contributed by atoms with E-state index in [4.69, 9.17) is 4.74 Å². The van der Waals surface area contributed by atoms with E-state index in [9.17, 15) is 24.9 Å². The topological polar surface area (TPSA) is 104 Å². The molecule has 0 aromatic heterocycles. The second-order valence-electron chi connectivity index (χ2n) is 7.68. The zero-order valence-corrected chi connectivity index (χ0v) is 17.2. The molecule has 2 rings (SSSR count). The quantitative estimate of drug-likeness (QED) is 0.251. The Labute approximate surface area is 172 Å². The minimum Gasteiger partial charge on any atom is -0.504 e. The summed E-state index contributed by atoms with van der Waals surface area (Å²) >= 11 is 0. The number of allylic oxidation sites excluding steroid dienone is 2. The monoisotopic (exact) mass is 404 g/mol. The van der Waals surface area contributed by atoms with Crippen LogP contribution in [0.15, 0.2) is 24.0 Å². The van der Waals surface area contributed by atoms with Gasteiger partial charge in [-0.2, -0.15) is 0 Å². The summed E-state index contributed by atoms with van der Waals surface area (Å²) in [4.78, 5) is 24.2. The molecule has 1 heterocycles. The SMILES string of the molecule is CCCCCCCCCCCCC1=CC(=O)C(=O)C(c2cc(O)c(O)c(O)c2)O1. The molecule has 1 aliphatic rings. The number of rotatable bonds is 12. The van der Waals surface area contributed by atoms with E-state index < -0.39 is 34.9 Å². The van der Waals surface area contributed by atoms with Gasteiger partial charge in [-0.1, -0.05) is 64.7 Å². The van der Waals surface area contributed by atoms with Crippen LogP contribution in [0, 0.1) is 0 Å². The predicted octanol–water partition coefficient (Wildman–Crippen LogP) is 5.21. The van der Waals surface area contributed by atoms with Gasteiger partial charge in [0.15, 0.2) is 23.4 Å². The molecule has 1 aliphatic heterocycles. The van der Waals surface area contributed by atoms with Crippen molar-refractivity contribution in [3.63, 3.8) is 0 Å². The van der Waals surface area contributed by atoms with Crippen molar-refractivity contribution in [3.05, 3.63) is 29.5 Å². The van der Waals surface area contributed by atoms with Crippen LogP contribution in [0.2, 0.25) is 0 Å². The Kier molecular flexibility index (Phi) is 9.03. The molecule has 0 spiro atoms. The smallest absolute Gasteiger partial charge is 0.247 e. The normalized spacial score (nSPS) is 16.6. The predicted molar refractivity (Wildman–Crippen MR) is 110 cm³/mol. The van der Waals surface area contributed by atoms with Crippen LogP contribution in [0.3, 0.4) is 0 Å². The van der Waals surface area contributed by atoms with E-state index in [0.29, 0.717) is 12.2 Å². The number of unbranched alkanes of at least 4 members (excludes halogenated alkanes) is 9. The summed E-state index contributed by atoms with van der Waals surface area (Å²) in [6.07, 6.45) is 12.6. The maximum absolute atomic E-state index is 12.2. The second-order valence-corrected chi connectivity index (χ2v) is 7.68. The number of aromatic hydroxyl groups is 3. The Morgan fingerprint density at radius 2 is 1.34 bits per heavy atom. The van der Waals surface area contributed by atoms with Gasteiger partial charge in [-0.25, -0.2) is 0 Å². The minimum absolute atomic E-state index is 0.129. The molecule has 6 heteroatoms. The number of Topliss-reactive ketones (excluding diaryl/α,β-unsaturated/α-hetero) is 1. The van der Waals surface area contributed by atoms with Crippen molar-refractivity contribution in [1.29, 1.82) is 0 Å². The van der Waals surface area contributed by atoms with Crippen LogP contribution in [-0.2, 0) is 14.3 Å². The van der Waals surface area contributed by atoms with E-state index in [1.165, 1.54) is 51.0 Å². The van der Waals surface area contributed by atoms with Crippen molar-refractivity contribution in [1.82, 2.24) is 0 Å². The largest absolute Gasteiger partial charge is 0.504 e. The van der Waals surface area contributed by atoms with Gasteiger partial charge in [0.25, 0.3) is 0 Å². The number of carbonyl (C=O) groups is 2. The Morgan fingerprint density at radius 3 is 1.90 bits per heavy atom. The Balaban J connectivity index is 1.78. The molecule has 160 valence electrons. The standard InChI is InChI=1S/C23H32O6/c1-2-3-4-5-6-7-8-9-10-11-12-17-15-20(26)22(28)23(29-17)16-13-18(24)21(27)19(25)14-16/h13-15,23-25,27H,2-12H2,1H3. The maximum atomic E-state index is 12.2. The molecule has 0 saturated heterocycles. The number of phenolic OH excluding ortho intramolecular Hbond substituents is 3. The summed E-state index contributed by atoms with van der Waals surface area (Å²) in [7, 11) is 0. The number of ketones is 2. The van der Waals surface area contributed by atoms with E-state index in [1.54, 1.807) is 0 Å². The number of benzene rings is 1. The molecule has 1 aromatic carbocycles. The molecule has 0 radical (unpaired) electrons. The molecule has 3 N–H and O–H groups in total. The van der Waals surface area contributed by atoms with Crippen molar-refractivity contribution in [3.8, 4) is 17.2 Å². The van der Waals surface area contributed by atoms with E-state index in [-0.39, 0.29) is 5.56 Å². The van der Waals surface area contributed by atoms with Gasteiger partial charge < -0.3 is 20.1 Å². The van der Waals surface area contributed by atoms with Crippen LogP contribution in [-0.4, -0.2) is 26.9 Å². The van der Waals surface area contributed by atoms with Crippen LogP contribution in [0.1, 0.15) is 89.2 Å². The third kappa shape index (κ3) is 6.80. The molecule has 0 bridgehead atoms. The van der Waals surface area contributed by atoms with Gasteiger partial charge in [0.1, 0.15) is 5.76 Å². The molecular formula is C23H32O6. The zero-order chi connectivity index (χ0) is 21.2. The summed E-state index contributed by atoms with van der Waals surface area (Å²) < 4.78 is 5.67. The minimum atomic E-state index is -1.22. The number of ether oxygens (including phenoxy) is 1. The van der Waals surface area contributed by atoms with E-state index in [2.05, 4.69) is 6.92 Å². The molecule has 6 nitrogen and oxygen atoms in total. The third-order valence-corrected chi connectivity index (χ3v) is 5.21. The first kappa shape index (κ1) is 22.8. The highest BCUT2D eigenvalue weighted by atomic mass is 16.5. The van der Waals surface area contributed by atoms with Crippen molar-refractivity contribution < 1.29 is 29.6 Å². The zero-order valence-electron chi connectivity index (χ0n) is 17.2. The van der Waals surface area contributed by atoms with Crippen molar-refractivity contribution in [2.45, 2.75) is 83.7 Å². The lowest BCUT2D eigenvalue weighted by molar-refractivity contribution is -0.142. The van der Waals surface area contributed by atoms with Gasteiger partial charge in [0, 0.05) is 18.1 Å². The highest BCUT2D eigenvalue weighted by Gasteiger charge is 2.33. The Hall–Kier alpha value is -2.50. The fourth-order valence-electron chi connectivity index (χ4n) is 3.50. The number of hydrogen-bond acceptors (Lipinski definition) is 6. The molecule has 0 saturated carbocycles. The van der Waals surface area contributed by atoms with Gasteiger partial charge in [-0.15, -0.1) is 0 Å². The fourth-order valence-corrected chi connectivity index (χ4v) is 3.50. The molecule has 0 aliphatic carbocycles. The summed E-state index contributed by atoms with van der Waals surface area (Å²) in [6, 6.07) is 2.24. The Morgan fingerprint density at radius 1 is 0.828 bits per heavy atom. The molecular weight excluding hydrogens is 372 g/mol. The van der Waals surface area contributed by atoms with E-state index in [1.807, 2.05) is 0 Å². The summed E-state index contributed by atoms with van der Waals surface area (Å²) in [5.41, 5.74) is 0.129. The average Bonchev–Trinajstić information content (AvgIpc) is 2.69. The lowest BCUT2D eigenvalue weighted by Crippen LogP contribution is -2.27. The van der Waals surface area contributed by atoms with E-state index in [0.717, 1.165) is 31.4 Å². The fraction of sp³-hybridized carbons (Fsp3) is 0.565. The number of carbonyl (C=O) groups excluding carboxylic acids is 2. The molecule has 1 atom stereocenters. The Bertz CT molecular complexity index is 714. The van der Waals surface area contributed by atoms with Crippen molar-refractivity contribution >= 4 is 11.6 Å². The lowest BCUT2D eigenvalue weighted by Gasteiger charge is -2.23. The van der Waals surface area contributed by atoms with Gasteiger partial charge in [0.05, 0.1) is 0 Å². The third-order valence-electron chi connectivity index (χ3n) is 5.21. The first-order chi connectivity index (χ1) is 13.9. The highest BCUT2D eigenvalue weighted by molar-refractivity contribution is 6.43. The van der Waals surface area contributed by atoms with Crippen molar-refractivity contribution in [2.24, 2.45) is 0 Å². The lowest BCUT2D eigenvalue weighted by atomic mass is 9.98. The average molecular weight is 405 g/mol. The summed E-state index contributed by atoms with van der Waals surface area (Å²) in [5.74, 6) is -2.81. The van der Waals surface area contributed by atoms with Crippen LogP contribution in [0.5, 0.6) is 17.2 Å². The van der Waals surface area contributed by atoms with Crippen LogP contribution < -0.4 is 0 Å². The van der Waals surface area contributed by atoms with Gasteiger partial charge in [-0.05, 0) is 18.6 Å². The molecule has 0 fully saturated rings. The highest BCUT2D eigenvalue weighted by Crippen LogP contribution is 2.39. The second kappa shape index (κ2) is 11.5. The maximum Gasteiger partial charge on any atom is 0.247 e. The van der Waals surface area contributed by atoms with Crippen LogP contribution in [0.25, 0.3) is 0 Å². The number of hydrogen-bond donors (Lipinski definition) is 3. The number of phenols is 3. The van der Waals surface area contributed by atoms with Crippen LogP contribution in [0.4, 0.5) is 0 Å². The molecule has 1 aromatic rings.